The van der Waals surface area contributed by atoms with E-state index in [-0.39, 0.29) is 6.17 Å². The molecule has 1 atom stereocenters. The second kappa shape index (κ2) is 4.23. The van der Waals surface area contributed by atoms with Gasteiger partial charge in [-0.15, -0.1) is 0 Å². The van der Waals surface area contributed by atoms with Crippen LogP contribution in [0.15, 0.2) is 4.99 Å². The quantitative estimate of drug-likeness (QED) is 0.587. The third-order valence-corrected chi connectivity index (χ3v) is 1.83. The Kier molecular flexibility index (Phi) is 3.23. The fourth-order valence-electron chi connectivity index (χ4n) is 1.13. The summed E-state index contributed by atoms with van der Waals surface area (Å²) in [6.07, 6.45) is 0.0800. The smallest absolute Gasteiger partial charge is 0.110 e. The first kappa shape index (κ1) is 8.40. The fourth-order valence-corrected chi connectivity index (χ4v) is 1.13. The lowest BCUT2D eigenvalue weighted by molar-refractivity contribution is 0.0221. The van der Waals surface area contributed by atoms with E-state index in [2.05, 4.69) is 15.9 Å². The number of ether oxygens (including phenoxy) is 1. The van der Waals surface area contributed by atoms with Gasteiger partial charge in [0.1, 0.15) is 6.17 Å². The van der Waals surface area contributed by atoms with Gasteiger partial charge in [0.25, 0.3) is 0 Å². The summed E-state index contributed by atoms with van der Waals surface area (Å²) in [5.41, 5.74) is 0. The maximum absolute atomic E-state index is 6.68. The summed E-state index contributed by atoms with van der Waals surface area (Å²) >= 11 is 0. The molecular formula is C7H13N3O. The Morgan fingerprint density at radius 2 is 2.18 bits per heavy atom. The van der Waals surface area contributed by atoms with Crippen molar-refractivity contribution in [3.8, 4) is 0 Å². The van der Waals surface area contributed by atoms with E-state index in [1.807, 2.05) is 6.92 Å². The van der Waals surface area contributed by atoms with E-state index >= 15 is 0 Å². The van der Waals surface area contributed by atoms with Gasteiger partial charge in [-0.3, -0.25) is 4.90 Å². The third kappa shape index (κ3) is 2.42. The van der Waals surface area contributed by atoms with Crippen molar-refractivity contribution in [2.24, 2.45) is 4.99 Å². The number of morpholine rings is 1. The molecule has 4 heteroatoms. The molecule has 11 heavy (non-hydrogen) atoms. The molecule has 0 amide bonds. The minimum atomic E-state index is 0.0800. The molecule has 1 aliphatic rings. The molecule has 0 radical (unpaired) electrons. The number of aliphatic imine (C=N–C) groups is 1. The van der Waals surface area contributed by atoms with E-state index in [0.29, 0.717) is 0 Å². The Hall–Kier alpha value is -0.700. The summed E-state index contributed by atoms with van der Waals surface area (Å²) in [5.74, 6) is 0. The van der Waals surface area contributed by atoms with Gasteiger partial charge in [-0.1, -0.05) is 0 Å². The average molecular weight is 155 g/mol. The number of nitrogens with one attached hydrogen (secondary N) is 1. The summed E-state index contributed by atoms with van der Waals surface area (Å²) < 4.78 is 5.18. The lowest BCUT2D eigenvalue weighted by Crippen LogP contribution is -2.41. The SMILES string of the molecule is CC(N=C=N)N1CCOCC1. The van der Waals surface area contributed by atoms with E-state index in [9.17, 15) is 0 Å². The van der Waals surface area contributed by atoms with E-state index in [1.54, 1.807) is 0 Å². The van der Waals surface area contributed by atoms with E-state index in [1.165, 1.54) is 0 Å². The van der Waals surface area contributed by atoms with Crippen molar-refractivity contribution in [2.75, 3.05) is 26.3 Å². The number of nitrogens with zero attached hydrogens (tertiary/aromatic N) is 2. The van der Waals surface area contributed by atoms with E-state index < -0.39 is 0 Å². The minimum Gasteiger partial charge on any atom is -0.379 e. The highest BCUT2D eigenvalue weighted by Crippen LogP contribution is 2.03. The molecule has 0 aromatic heterocycles. The zero-order chi connectivity index (χ0) is 8.10. The van der Waals surface area contributed by atoms with Crippen LogP contribution < -0.4 is 0 Å². The van der Waals surface area contributed by atoms with Crippen LogP contribution in [0.5, 0.6) is 0 Å². The molecule has 1 heterocycles. The van der Waals surface area contributed by atoms with Crippen LogP contribution in [0, 0.1) is 5.41 Å². The Labute approximate surface area is 66.4 Å². The number of rotatable bonds is 2. The zero-order valence-corrected chi connectivity index (χ0v) is 6.71. The number of hydrogen-bond donors (Lipinski definition) is 1. The van der Waals surface area contributed by atoms with Gasteiger partial charge in [0, 0.05) is 13.1 Å². The second-order valence-corrected chi connectivity index (χ2v) is 2.52. The Morgan fingerprint density at radius 1 is 1.55 bits per heavy atom. The van der Waals surface area contributed by atoms with Crippen molar-refractivity contribution in [1.82, 2.24) is 4.90 Å². The monoisotopic (exact) mass is 155 g/mol. The highest BCUT2D eigenvalue weighted by Gasteiger charge is 2.14. The highest BCUT2D eigenvalue weighted by atomic mass is 16.5. The van der Waals surface area contributed by atoms with Crippen LogP contribution in [0.25, 0.3) is 0 Å². The molecule has 1 saturated heterocycles. The van der Waals surface area contributed by atoms with Crippen LogP contribution in [0.2, 0.25) is 0 Å². The van der Waals surface area contributed by atoms with Gasteiger partial charge in [-0.25, -0.2) is 10.4 Å². The number of hydrogen-bond acceptors (Lipinski definition) is 4. The summed E-state index contributed by atoms with van der Waals surface area (Å²) in [5, 5.41) is 6.68. The largest absolute Gasteiger partial charge is 0.379 e. The lowest BCUT2D eigenvalue weighted by Gasteiger charge is -2.28. The molecule has 1 N–H and O–H groups in total. The van der Waals surface area contributed by atoms with Crippen molar-refractivity contribution < 1.29 is 4.74 Å². The first-order valence-electron chi connectivity index (χ1n) is 3.78. The maximum atomic E-state index is 6.68. The van der Waals surface area contributed by atoms with Crippen LogP contribution in [-0.4, -0.2) is 43.4 Å². The molecule has 0 spiro atoms. The van der Waals surface area contributed by atoms with Crippen LogP contribution >= 0.6 is 0 Å². The fraction of sp³-hybridized carbons (Fsp3) is 0.857. The first-order valence-corrected chi connectivity index (χ1v) is 3.78. The van der Waals surface area contributed by atoms with Gasteiger partial charge in [0.2, 0.25) is 0 Å². The Balaban J connectivity index is 2.38. The summed E-state index contributed by atoms with van der Waals surface area (Å²) in [4.78, 5) is 6.01. The molecular weight excluding hydrogens is 142 g/mol. The molecule has 0 bridgehead atoms. The van der Waals surface area contributed by atoms with Crippen molar-refractivity contribution in [1.29, 1.82) is 5.41 Å². The zero-order valence-electron chi connectivity index (χ0n) is 6.71. The van der Waals surface area contributed by atoms with Crippen molar-refractivity contribution in [3.05, 3.63) is 0 Å². The van der Waals surface area contributed by atoms with Gasteiger partial charge in [-0.2, -0.15) is 0 Å². The molecule has 1 rings (SSSR count). The van der Waals surface area contributed by atoms with Crippen LogP contribution in [0.4, 0.5) is 0 Å². The van der Waals surface area contributed by atoms with E-state index in [0.717, 1.165) is 26.3 Å². The van der Waals surface area contributed by atoms with Gasteiger partial charge >= 0.3 is 0 Å². The Bertz CT molecular complexity index is 159. The molecule has 1 aliphatic heterocycles. The van der Waals surface area contributed by atoms with Gasteiger partial charge in [0.15, 0.2) is 0 Å². The van der Waals surface area contributed by atoms with Gasteiger partial charge in [0.05, 0.1) is 19.2 Å². The van der Waals surface area contributed by atoms with Crippen LogP contribution in [0.1, 0.15) is 6.92 Å². The molecule has 1 fully saturated rings. The molecule has 0 aromatic carbocycles. The second-order valence-electron chi connectivity index (χ2n) is 2.52. The summed E-state index contributed by atoms with van der Waals surface area (Å²) in [7, 11) is 0. The highest BCUT2D eigenvalue weighted by molar-refractivity contribution is 5.36. The standard InChI is InChI=1S/C7H13N3O/c1-7(9-6-8)10-2-4-11-5-3-10/h7-8H,2-5H2,1H3. The van der Waals surface area contributed by atoms with Crippen molar-refractivity contribution in [3.63, 3.8) is 0 Å². The maximum Gasteiger partial charge on any atom is 0.110 e. The van der Waals surface area contributed by atoms with E-state index in [4.69, 9.17) is 10.1 Å². The predicted octanol–water partition coefficient (Wildman–Crippen LogP) is 0.417. The summed E-state index contributed by atoms with van der Waals surface area (Å²) in [6.45, 7) is 5.33. The van der Waals surface area contributed by atoms with Crippen LogP contribution in [-0.2, 0) is 4.74 Å². The topological polar surface area (TPSA) is 48.7 Å². The predicted molar refractivity (Wildman–Crippen MR) is 42.0 cm³/mol. The van der Waals surface area contributed by atoms with Crippen molar-refractivity contribution >= 4 is 6.01 Å². The molecule has 62 valence electrons. The van der Waals surface area contributed by atoms with Gasteiger partial charge in [-0.05, 0) is 6.92 Å². The minimum absolute atomic E-state index is 0.0800. The third-order valence-electron chi connectivity index (χ3n) is 1.83. The first-order chi connectivity index (χ1) is 5.34. The molecule has 4 nitrogen and oxygen atoms in total. The normalized spacial score (nSPS) is 22.3. The van der Waals surface area contributed by atoms with Crippen LogP contribution in [0.3, 0.4) is 0 Å². The van der Waals surface area contributed by atoms with Crippen molar-refractivity contribution in [2.45, 2.75) is 13.1 Å². The molecule has 1 unspecified atom stereocenters. The van der Waals surface area contributed by atoms with Gasteiger partial charge < -0.3 is 4.74 Å². The molecule has 0 saturated carbocycles. The lowest BCUT2D eigenvalue weighted by atomic mass is 10.4. The molecule has 0 aromatic rings. The average Bonchev–Trinajstić information content (AvgIpc) is 2.07. The molecule has 0 aliphatic carbocycles. The summed E-state index contributed by atoms with van der Waals surface area (Å²) in [6, 6.07) is 2.06. The Morgan fingerprint density at radius 3 is 2.73 bits per heavy atom.